The van der Waals surface area contributed by atoms with Gasteiger partial charge in [-0.15, -0.1) is 0 Å². The molecule has 0 saturated carbocycles. The predicted octanol–water partition coefficient (Wildman–Crippen LogP) is 24.0. The van der Waals surface area contributed by atoms with E-state index in [0.717, 1.165) is 64.2 Å². The molecule has 6 nitrogen and oxygen atoms in total. The lowest BCUT2D eigenvalue weighted by Gasteiger charge is -2.18. The van der Waals surface area contributed by atoms with Gasteiger partial charge >= 0.3 is 17.9 Å². The normalized spacial score (nSPS) is 12.0. The fourth-order valence-corrected chi connectivity index (χ4v) is 11.0. The molecule has 1 atom stereocenters. The molecule has 0 saturated heterocycles. The highest BCUT2D eigenvalue weighted by Crippen LogP contribution is 2.19. The molecule has 0 aromatic heterocycles. The van der Waals surface area contributed by atoms with E-state index in [9.17, 15) is 14.4 Å². The summed E-state index contributed by atoms with van der Waals surface area (Å²) < 4.78 is 16.9. The van der Waals surface area contributed by atoms with Gasteiger partial charge in [0.15, 0.2) is 6.10 Å². The molecular weight excluding hydrogens is 949 g/mol. The van der Waals surface area contributed by atoms with Crippen LogP contribution in [0.3, 0.4) is 0 Å². The van der Waals surface area contributed by atoms with E-state index < -0.39 is 6.10 Å². The third-order valence-corrected chi connectivity index (χ3v) is 16.3. The van der Waals surface area contributed by atoms with Gasteiger partial charge in [-0.25, -0.2) is 0 Å². The maximum Gasteiger partial charge on any atom is 0.306 e. The van der Waals surface area contributed by atoms with E-state index >= 15 is 0 Å². The first-order chi connectivity index (χ1) is 38.0. The van der Waals surface area contributed by atoms with Crippen LogP contribution in [0.1, 0.15) is 406 Å². The second kappa shape index (κ2) is 66.7. The van der Waals surface area contributed by atoms with Gasteiger partial charge in [0.05, 0.1) is 0 Å². The van der Waals surface area contributed by atoms with Crippen molar-refractivity contribution in [2.45, 2.75) is 412 Å². The minimum atomic E-state index is -0.769. The number of unbranched alkanes of at least 4 members (excludes halogenated alkanes) is 53. The molecule has 77 heavy (non-hydrogen) atoms. The number of carbonyl (C=O) groups excluding carboxylic acids is 3. The second-order valence-corrected chi connectivity index (χ2v) is 24.2. The van der Waals surface area contributed by atoms with Crippen molar-refractivity contribution in [3.05, 3.63) is 12.2 Å². The van der Waals surface area contributed by atoms with Crippen LogP contribution < -0.4 is 0 Å². The largest absolute Gasteiger partial charge is 0.462 e. The summed E-state index contributed by atoms with van der Waals surface area (Å²) in [5, 5.41) is 0. The monoisotopic (exact) mass is 1090 g/mol. The maximum atomic E-state index is 12.9. The molecule has 0 aliphatic carbocycles. The first kappa shape index (κ1) is 75.2. The Labute approximate surface area is 481 Å². The molecule has 0 aromatic carbocycles. The number of allylic oxidation sites excluding steroid dienone is 2. The first-order valence-corrected chi connectivity index (χ1v) is 35.2. The summed E-state index contributed by atoms with van der Waals surface area (Å²) >= 11 is 0. The van der Waals surface area contributed by atoms with E-state index in [1.54, 1.807) is 0 Å². The van der Waals surface area contributed by atoms with Gasteiger partial charge in [0, 0.05) is 19.3 Å². The standard InChI is InChI=1S/C71H136O6/c1-4-7-10-13-16-19-22-24-26-27-28-29-30-31-32-33-34-35-36-37-38-39-40-41-42-43-44-46-47-49-52-55-58-61-64-70(73)76-67-68(66-75-69(72)63-60-57-54-51-21-18-15-12-9-6-3)77-71(74)65-62-59-56-53-50-48-45-25-23-20-17-14-11-8-5-2/h25,45,68H,4-24,26-44,46-67H2,1-3H3/b45-25-. The SMILES string of the molecule is CCCCCCCC/C=C\CCCCCCCC(=O)OC(COC(=O)CCCCCCCCCCCC)COC(=O)CCCCCCCCCCCCCCCCCCCCCCCCCCCCCCCCCCCC. The molecule has 0 bridgehead atoms. The van der Waals surface area contributed by atoms with Gasteiger partial charge in [0.25, 0.3) is 0 Å². The van der Waals surface area contributed by atoms with Crippen LogP contribution in [0, 0.1) is 0 Å². The number of ether oxygens (including phenoxy) is 3. The third-order valence-electron chi connectivity index (χ3n) is 16.3. The van der Waals surface area contributed by atoms with Crippen LogP contribution in [-0.4, -0.2) is 37.2 Å². The van der Waals surface area contributed by atoms with Crippen molar-refractivity contribution in [3.63, 3.8) is 0 Å². The van der Waals surface area contributed by atoms with Crippen molar-refractivity contribution in [3.8, 4) is 0 Å². The highest BCUT2D eigenvalue weighted by atomic mass is 16.6. The minimum Gasteiger partial charge on any atom is -0.462 e. The molecule has 0 aromatic rings. The summed E-state index contributed by atoms with van der Waals surface area (Å²) in [5.74, 6) is -0.849. The Kier molecular flexibility index (Phi) is 65.1. The van der Waals surface area contributed by atoms with Crippen molar-refractivity contribution < 1.29 is 28.6 Å². The highest BCUT2D eigenvalue weighted by molar-refractivity contribution is 5.71. The summed E-state index contributed by atoms with van der Waals surface area (Å²) in [6, 6.07) is 0. The summed E-state index contributed by atoms with van der Waals surface area (Å²) in [5.41, 5.74) is 0. The summed E-state index contributed by atoms with van der Waals surface area (Å²) in [6.45, 7) is 6.69. The van der Waals surface area contributed by atoms with Gasteiger partial charge in [0.2, 0.25) is 0 Å². The van der Waals surface area contributed by atoms with Crippen LogP contribution in [0.2, 0.25) is 0 Å². The second-order valence-electron chi connectivity index (χ2n) is 24.2. The lowest BCUT2D eigenvalue weighted by Crippen LogP contribution is -2.30. The Morgan fingerprint density at radius 3 is 0.649 bits per heavy atom. The zero-order valence-electron chi connectivity index (χ0n) is 52.5. The number of hydrogen-bond donors (Lipinski definition) is 0. The number of esters is 3. The Morgan fingerprint density at radius 1 is 0.247 bits per heavy atom. The van der Waals surface area contributed by atoms with Gasteiger partial charge in [0.1, 0.15) is 13.2 Å². The number of rotatable bonds is 66. The molecular formula is C71H136O6. The average Bonchev–Trinajstić information content (AvgIpc) is 3.43. The predicted molar refractivity (Wildman–Crippen MR) is 335 cm³/mol. The smallest absolute Gasteiger partial charge is 0.306 e. The highest BCUT2D eigenvalue weighted by Gasteiger charge is 2.19. The summed E-state index contributed by atoms with van der Waals surface area (Å²) in [7, 11) is 0. The molecule has 0 amide bonds. The maximum absolute atomic E-state index is 12.9. The van der Waals surface area contributed by atoms with Crippen molar-refractivity contribution in [2.75, 3.05) is 13.2 Å². The van der Waals surface area contributed by atoms with Crippen LogP contribution in [0.5, 0.6) is 0 Å². The van der Waals surface area contributed by atoms with Gasteiger partial charge in [-0.3, -0.25) is 14.4 Å². The van der Waals surface area contributed by atoms with Gasteiger partial charge in [-0.1, -0.05) is 354 Å². The van der Waals surface area contributed by atoms with E-state index in [0.29, 0.717) is 19.3 Å². The molecule has 0 spiro atoms. The molecule has 6 heteroatoms. The molecule has 0 N–H and O–H groups in total. The topological polar surface area (TPSA) is 78.9 Å². The molecule has 0 fully saturated rings. The average molecular weight is 1090 g/mol. The van der Waals surface area contributed by atoms with E-state index in [4.69, 9.17) is 14.2 Å². The Morgan fingerprint density at radius 2 is 0.429 bits per heavy atom. The van der Waals surface area contributed by atoms with E-state index in [2.05, 4.69) is 32.9 Å². The van der Waals surface area contributed by atoms with Crippen LogP contribution >= 0.6 is 0 Å². The van der Waals surface area contributed by atoms with Crippen molar-refractivity contribution >= 4 is 17.9 Å². The third kappa shape index (κ3) is 64.9. The zero-order valence-corrected chi connectivity index (χ0v) is 52.5. The molecule has 0 radical (unpaired) electrons. The Balaban J connectivity index is 3.97. The van der Waals surface area contributed by atoms with Crippen molar-refractivity contribution in [2.24, 2.45) is 0 Å². The van der Waals surface area contributed by atoms with E-state index in [-0.39, 0.29) is 31.1 Å². The van der Waals surface area contributed by atoms with E-state index in [1.807, 2.05) is 0 Å². The van der Waals surface area contributed by atoms with Crippen LogP contribution in [0.25, 0.3) is 0 Å². The van der Waals surface area contributed by atoms with Crippen molar-refractivity contribution in [1.82, 2.24) is 0 Å². The summed E-state index contributed by atoms with van der Waals surface area (Å²) in [6.07, 6.45) is 79.9. The number of hydrogen-bond acceptors (Lipinski definition) is 6. The lowest BCUT2D eigenvalue weighted by atomic mass is 10.0. The van der Waals surface area contributed by atoms with Crippen molar-refractivity contribution in [1.29, 1.82) is 0 Å². The number of carbonyl (C=O) groups is 3. The zero-order chi connectivity index (χ0) is 55.7. The minimum absolute atomic E-state index is 0.0673. The van der Waals surface area contributed by atoms with Gasteiger partial charge in [-0.2, -0.15) is 0 Å². The Hall–Kier alpha value is -1.85. The fraction of sp³-hybridized carbons (Fsp3) is 0.930. The quantitative estimate of drug-likeness (QED) is 0.0261. The van der Waals surface area contributed by atoms with Crippen LogP contribution in [0.15, 0.2) is 12.2 Å². The van der Waals surface area contributed by atoms with Gasteiger partial charge in [-0.05, 0) is 44.9 Å². The molecule has 0 aliphatic rings. The first-order valence-electron chi connectivity index (χ1n) is 35.2. The lowest BCUT2D eigenvalue weighted by molar-refractivity contribution is -0.167. The van der Waals surface area contributed by atoms with Crippen LogP contribution in [0.4, 0.5) is 0 Å². The molecule has 1 unspecified atom stereocenters. The Bertz CT molecular complexity index is 1200. The van der Waals surface area contributed by atoms with E-state index in [1.165, 1.54) is 302 Å². The molecule has 456 valence electrons. The molecule has 0 aliphatic heterocycles. The summed E-state index contributed by atoms with van der Waals surface area (Å²) in [4.78, 5) is 38.2. The molecule has 0 rings (SSSR count). The molecule has 0 heterocycles. The van der Waals surface area contributed by atoms with Crippen LogP contribution in [-0.2, 0) is 28.6 Å². The fourth-order valence-electron chi connectivity index (χ4n) is 11.0. The van der Waals surface area contributed by atoms with Gasteiger partial charge < -0.3 is 14.2 Å².